The summed E-state index contributed by atoms with van der Waals surface area (Å²) in [5.74, 6) is 0. The van der Waals surface area contributed by atoms with E-state index in [1.54, 1.807) is 0 Å². The molecule has 0 aromatic carbocycles. The lowest BCUT2D eigenvalue weighted by Crippen LogP contribution is -2.50. The van der Waals surface area contributed by atoms with Crippen LogP contribution in [0, 0.1) is 0 Å². The molecule has 0 radical (unpaired) electrons. The Kier molecular flexibility index (Phi) is 6.55. The summed E-state index contributed by atoms with van der Waals surface area (Å²) in [6.07, 6.45) is 5.19. The molecule has 0 aromatic heterocycles. The van der Waals surface area contributed by atoms with Crippen LogP contribution in [0.3, 0.4) is 0 Å². The van der Waals surface area contributed by atoms with E-state index in [2.05, 4.69) is 0 Å². The second kappa shape index (κ2) is 7.43. The quantitative estimate of drug-likeness (QED) is 0.761. The van der Waals surface area contributed by atoms with Crippen molar-refractivity contribution in [2.75, 3.05) is 26.2 Å². The fraction of sp³-hybridized carbons (Fsp3) is 1.00. The molecule has 1 saturated carbocycles. The van der Waals surface area contributed by atoms with Crippen molar-refractivity contribution < 1.29 is 13.5 Å². The van der Waals surface area contributed by atoms with E-state index in [9.17, 15) is 8.42 Å². The van der Waals surface area contributed by atoms with Crippen molar-refractivity contribution in [1.82, 2.24) is 8.61 Å². The largest absolute Gasteiger partial charge is 0.395 e. The Hall–Kier alpha value is -0.170. The number of aliphatic hydroxyl groups excluding tert-OH is 1. The van der Waals surface area contributed by atoms with E-state index < -0.39 is 10.2 Å². The molecule has 18 heavy (non-hydrogen) atoms. The highest BCUT2D eigenvalue weighted by molar-refractivity contribution is 7.86. The highest BCUT2D eigenvalue weighted by Gasteiger charge is 2.33. The summed E-state index contributed by atoms with van der Waals surface area (Å²) in [6, 6.07) is 0.0662. The molecule has 5 nitrogen and oxygen atoms in total. The normalized spacial score (nSPS) is 18.7. The van der Waals surface area contributed by atoms with E-state index in [1.165, 1.54) is 15.0 Å². The molecule has 0 heterocycles. The minimum Gasteiger partial charge on any atom is -0.395 e. The van der Waals surface area contributed by atoms with Crippen LogP contribution in [0.2, 0.25) is 0 Å². The number of hydrogen-bond acceptors (Lipinski definition) is 3. The standard InChI is InChI=1S/C12H26N2O3S/c1-3-13(4-2)18(16,17)14(10-11-15)12-8-6-5-7-9-12/h12,15H,3-11H2,1-2H3. The van der Waals surface area contributed by atoms with E-state index in [0.29, 0.717) is 13.1 Å². The highest BCUT2D eigenvalue weighted by atomic mass is 32.2. The molecule has 0 spiro atoms. The third kappa shape index (κ3) is 3.66. The summed E-state index contributed by atoms with van der Waals surface area (Å²) in [6.45, 7) is 4.75. The molecular formula is C12H26N2O3S. The number of hydrogen-bond donors (Lipinski definition) is 1. The van der Waals surface area contributed by atoms with Gasteiger partial charge in [0.2, 0.25) is 0 Å². The average Bonchev–Trinajstić information content (AvgIpc) is 2.38. The van der Waals surface area contributed by atoms with Gasteiger partial charge in [0.05, 0.1) is 6.61 Å². The maximum absolute atomic E-state index is 12.5. The van der Waals surface area contributed by atoms with Crippen LogP contribution in [0.5, 0.6) is 0 Å². The summed E-state index contributed by atoms with van der Waals surface area (Å²) >= 11 is 0. The predicted molar refractivity (Wildman–Crippen MR) is 72.5 cm³/mol. The smallest absolute Gasteiger partial charge is 0.282 e. The molecule has 1 aliphatic rings. The van der Waals surface area contributed by atoms with Gasteiger partial charge in [0.1, 0.15) is 0 Å². The Labute approximate surface area is 111 Å². The molecule has 6 heteroatoms. The van der Waals surface area contributed by atoms with Crippen LogP contribution in [0.4, 0.5) is 0 Å². The van der Waals surface area contributed by atoms with Crippen molar-refractivity contribution in [2.24, 2.45) is 0 Å². The first-order valence-electron chi connectivity index (χ1n) is 6.95. The monoisotopic (exact) mass is 278 g/mol. The third-order valence-electron chi connectivity index (χ3n) is 3.63. The molecular weight excluding hydrogens is 252 g/mol. The van der Waals surface area contributed by atoms with E-state index in [4.69, 9.17) is 5.11 Å². The van der Waals surface area contributed by atoms with Crippen LogP contribution >= 0.6 is 0 Å². The van der Waals surface area contributed by atoms with Crippen LogP contribution in [0.25, 0.3) is 0 Å². The summed E-state index contributed by atoms with van der Waals surface area (Å²) in [7, 11) is -3.42. The zero-order chi connectivity index (χ0) is 13.6. The molecule has 1 N–H and O–H groups in total. The van der Waals surface area contributed by atoms with E-state index in [-0.39, 0.29) is 19.2 Å². The van der Waals surface area contributed by atoms with Gasteiger partial charge >= 0.3 is 0 Å². The van der Waals surface area contributed by atoms with Crippen molar-refractivity contribution in [3.63, 3.8) is 0 Å². The van der Waals surface area contributed by atoms with Crippen molar-refractivity contribution >= 4 is 10.2 Å². The molecule has 0 bridgehead atoms. The van der Waals surface area contributed by atoms with Gasteiger partial charge in [0.15, 0.2) is 0 Å². The molecule has 1 aliphatic carbocycles. The van der Waals surface area contributed by atoms with Crippen molar-refractivity contribution in [3.8, 4) is 0 Å². The second-order valence-electron chi connectivity index (χ2n) is 4.72. The summed E-state index contributed by atoms with van der Waals surface area (Å²) in [4.78, 5) is 0. The molecule has 0 amide bonds. The fourth-order valence-electron chi connectivity index (χ4n) is 2.65. The Bertz CT molecular complexity index is 322. The molecule has 0 aromatic rings. The van der Waals surface area contributed by atoms with Gasteiger partial charge in [-0.05, 0) is 12.8 Å². The Morgan fingerprint density at radius 2 is 1.67 bits per heavy atom. The molecule has 1 rings (SSSR count). The molecule has 108 valence electrons. The molecule has 0 aliphatic heterocycles. The minimum atomic E-state index is -3.42. The Morgan fingerprint density at radius 1 is 1.11 bits per heavy atom. The van der Waals surface area contributed by atoms with Crippen molar-refractivity contribution in [2.45, 2.75) is 52.0 Å². The zero-order valence-corrected chi connectivity index (χ0v) is 12.3. The zero-order valence-electron chi connectivity index (χ0n) is 11.5. The van der Waals surface area contributed by atoms with E-state index in [1.807, 2.05) is 13.8 Å². The van der Waals surface area contributed by atoms with Crippen LogP contribution in [-0.2, 0) is 10.2 Å². The summed E-state index contributed by atoms with van der Waals surface area (Å²) in [5, 5.41) is 9.13. The summed E-state index contributed by atoms with van der Waals surface area (Å²) in [5.41, 5.74) is 0. The molecule has 1 fully saturated rings. The first-order valence-corrected chi connectivity index (χ1v) is 8.35. The SMILES string of the molecule is CCN(CC)S(=O)(=O)N(CCO)C1CCCCC1. The maximum Gasteiger partial charge on any atom is 0.282 e. The lowest BCUT2D eigenvalue weighted by atomic mass is 9.95. The van der Waals surface area contributed by atoms with Crippen molar-refractivity contribution in [3.05, 3.63) is 0 Å². The van der Waals surface area contributed by atoms with E-state index in [0.717, 1.165) is 25.7 Å². The van der Waals surface area contributed by atoms with Gasteiger partial charge in [0, 0.05) is 25.7 Å². The average molecular weight is 278 g/mol. The van der Waals surface area contributed by atoms with Gasteiger partial charge in [-0.2, -0.15) is 17.0 Å². The van der Waals surface area contributed by atoms with Gasteiger partial charge in [-0.25, -0.2) is 0 Å². The fourth-order valence-corrected chi connectivity index (χ4v) is 4.50. The number of rotatable bonds is 7. The van der Waals surface area contributed by atoms with Gasteiger partial charge in [0.25, 0.3) is 10.2 Å². The van der Waals surface area contributed by atoms with Crippen LogP contribution in [0.15, 0.2) is 0 Å². The van der Waals surface area contributed by atoms with Crippen molar-refractivity contribution in [1.29, 1.82) is 0 Å². The molecule has 0 atom stereocenters. The first-order chi connectivity index (χ1) is 8.57. The topological polar surface area (TPSA) is 60.9 Å². The summed E-state index contributed by atoms with van der Waals surface area (Å²) < 4.78 is 28.0. The maximum atomic E-state index is 12.5. The predicted octanol–water partition coefficient (Wildman–Crippen LogP) is 1.20. The van der Waals surface area contributed by atoms with Gasteiger partial charge in [-0.15, -0.1) is 0 Å². The molecule has 0 saturated heterocycles. The first kappa shape index (κ1) is 15.9. The van der Waals surface area contributed by atoms with E-state index >= 15 is 0 Å². The van der Waals surface area contributed by atoms with Crippen LogP contribution in [-0.4, -0.2) is 54.4 Å². The lowest BCUT2D eigenvalue weighted by Gasteiger charge is -2.36. The van der Waals surface area contributed by atoms with Gasteiger partial charge in [-0.1, -0.05) is 33.1 Å². The Morgan fingerprint density at radius 3 is 2.11 bits per heavy atom. The van der Waals surface area contributed by atoms with Crippen LogP contribution < -0.4 is 0 Å². The minimum absolute atomic E-state index is 0.0662. The van der Waals surface area contributed by atoms with Gasteiger partial charge < -0.3 is 5.11 Å². The lowest BCUT2D eigenvalue weighted by molar-refractivity contribution is 0.189. The number of nitrogens with zero attached hydrogens (tertiary/aromatic N) is 2. The number of aliphatic hydroxyl groups is 1. The third-order valence-corrected chi connectivity index (χ3v) is 5.87. The Balaban J connectivity index is 2.88. The van der Waals surface area contributed by atoms with Crippen LogP contribution in [0.1, 0.15) is 46.0 Å². The van der Waals surface area contributed by atoms with Gasteiger partial charge in [-0.3, -0.25) is 0 Å². The molecule has 0 unspecified atom stereocenters. The second-order valence-corrected chi connectivity index (χ2v) is 6.60. The highest BCUT2D eigenvalue weighted by Crippen LogP contribution is 2.25.